The van der Waals surface area contributed by atoms with E-state index in [1.54, 1.807) is 12.1 Å². The molecular formula is C15H11F3N2O2S. The molecule has 0 radical (unpaired) electrons. The quantitative estimate of drug-likeness (QED) is 0.835. The summed E-state index contributed by atoms with van der Waals surface area (Å²) < 4.78 is 36.7. The first kappa shape index (κ1) is 16.9. The fourth-order valence-corrected chi connectivity index (χ4v) is 2.30. The van der Waals surface area contributed by atoms with Gasteiger partial charge in [-0.25, -0.2) is 0 Å². The highest BCUT2D eigenvalue weighted by molar-refractivity contribution is 8.00. The molecule has 2 rings (SSSR count). The highest BCUT2D eigenvalue weighted by atomic mass is 32.2. The number of thioether (sulfide) groups is 1. The predicted octanol–water partition coefficient (Wildman–Crippen LogP) is 3.65. The number of nitrogens with one attached hydrogen (secondary N) is 1. The van der Waals surface area contributed by atoms with Crippen LogP contribution < -0.4 is 11.1 Å². The van der Waals surface area contributed by atoms with Crippen LogP contribution in [-0.4, -0.2) is 17.3 Å². The van der Waals surface area contributed by atoms with Crippen molar-refractivity contribution in [2.24, 2.45) is 5.73 Å². The first-order valence-electron chi connectivity index (χ1n) is 6.31. The summed E-state index contributed by atoms with van der Waals surface area (Å²) in [6, 6.07) is 11.1. The zero-order chi connectivity index (χ0) is 17.0. The summed E-state index contributed by atoms with van der Waals surface area (Å²) in [5.41, 5.74) is 1.56. The number of primary amides is 1. The number of amides is 2. The van der Waals surface area contributed by atoms with Gasteiger partial charge in [-0.2, -0.15) is 13.2 Å². The van der Waals surface area contributed by atoms with Crippen molar-refractivity contribution in [3.05, 3.63) is 59.7 Å². The molecule has 0 atom stereocenters. The molecule has 0 aliphatic heterocycles. The van der Waals surface area contributed by atoms with E-state index in [0.717, 1.165) is 0 Å². The van der Waals surface area contributed by atoms with E-state index in [0.29, 0.717) is 5.69 Å². The van der Waals surface area contributed by atoms with E-state index in [1.165, 1.54) is 36.4 Å². The molecule has 3 N–H and O–H groups in total. The molecule has 23 heavy (non-hydrogen) atoms. The van der Waals surface area contributed by atoms with Gasteiger partial charge in [0, 0.05) is 21.7 Å². The number of halogens is 3. The number of carbonyl (C=O) groups is 2. The predicted molar refractivity (Wildman–Crippen MR) is 81.3 cm³/mol. The molecule has 0 spiro atoms. The number of alkyl halides is 3. The maximum absolute atomic E-state index is 12.2. The molecule has 4 nitrogen and oxygen atoms in total. The third-order valence-corrected chi connectivity index (χ3v) is 3.49. The van der Waals surface area contributed by atoms with Gasteiger partial charge in [-0.3, -0.25) is 9.59 Å². The van der Waals surface area contributed by atoms with Gasteiger partial charge in [0.1, 0.15) is 0 Å². The van der Waals surface area contributed by atoms with Crippen molar-refractivity contribution in [2.45, 2.75) is 10.4 Å². The fraction of sp³-hybridized carbons (Fsp3) is 0.0667. The summed E-state index contributed by atoms with van der Waals surface area (Å²) in [7, 11) is 0. The molecule has 0 saturated carbocycles. The van der Waals surface area contributed by atoms with Crippen molar-refractivity contribution >= 4 is 29.3 Å². The van der Waals surface area contributed by atoms with E-state index in [4.69, 9.17) is 5.73 Å². The van der Waals surface area contributed by atoms with Crippen LogP contribution >= 0.6 is 11.8 Å². The Morgan fingerprint density at radius 3 is 2.22 bits per heavy atom. The van der Waals surface area contributed by atoms with E-state index in [2.05, 4.69) is 5.32 Å². The van der Waals surface area contributed by atoms with E-state index in [1.807, 2.05) is 0 Å². The van der Waals surface area contributed by atoms with E-state index in [-0.39, 0.29) is 27.8 Å². The normalized spacial score (nSPS) is 11.1. The molecule has 2 amide bonds. The summed E-state index contributed by atoms with van der Waals surface area (Å²) in [6.07, 6.45) is 0. The van der Waals surface area contributed by atoms with Crippen LogP contribution in [0.3, 0.4) is 0 Å². The average molecular weight is 340 g/mol. The average Bonchev–Trinajstić information content (AvgIpc) is 2.46. The lowest BCUT2D eigenvalue weighted by Gasteiger charge is -2.08. The Morgan fingerprint density at radius 2 is 1.65 bits per heavy atom. The van der Waals surface area contributed by atoms with Crippen molar-refractivity contribution in [1.29, 1.82) is 0 Å². The summed E-state index contributed by atoms with van der Waals surface area (Å²) in [5, 5.41) is 2.55. The van der Waals surface area contributed by atoms with Crippen molar-refractivity contribution < 1.29 is 22.8 Å². The van der Waals surface area contributed by atoms with Crippen molar-refractivity contribution in [2.75, 3.05) is 5.32 Å². The number of rotatable bonds is 4. The summed E-state index contributed by atoms with van der Waals surface area (Å²) >= 11 is -0.253. The van der Waals surface area contributed by atoms with Gasteiger partial charge in [0.25, 0.3) is 5.91 Å². The minimum atomic E-state index is -4.38. The zero-order valence-electron chi connectivity index (χ0n) is 11.6. The second-order valence-corrected chi connectivity index (χ2v) is 5.61. The summed E-state index contributed by atoms with van der Waals surface area (Å²) in [5.74, 6) is -1.13. The molecule has 0 bridgehead atoms. The van der Waals surface area contributed by atoms with Gasteiger partial charge in [0.05, 0.1) is 0 Å². The van der Waals surface area contributed by atoms with E-state index in [9.17, 15) is 22.8 Å². The molecule has 0 fully saturated rings. The Kier molecular flexibility index (Phi) is 4.95. The number of carbonyl (C=O) groups excluding carboxylic acids is 2. The minimum absolute atomic E-state index is 0.00947. The van der Waals surface area contributed by atoms with Crippen molar-refractivity contribution in [3.63, 3.8) is 0 Å². The fourth-order valence-electron chi connectivity index (χ4n) is 1.76. The maximum Gasteiger partial charge on any atom is 0.446 e. The first-order chi connectivity index (χ1) is 10.7. The van der Waals surface area contributed by atoms with Crippen LogP contribution in [0.4, 0.5) is 18.9 Å². The molecule has 0 saturated heterocycles. The molecule has 120 valence electrons. The highest BCUT2D eigenvalue weighted by Gasteiger charge is 2.29. The number of hydrogen-bond acceptors (Lipinski definition) is 3. The third kappa shape index (κ3) is 5.03. The van der Waals surface area contributed by atoms with Gasteiger partial charge >= 0.3 is 5.51 Å². The molecule has 0 aliphatic rings. The molecule has 8 heteroatoms. The lowest BCUT2D eigenvalue weighted by atomic mass is 10.1. The SMILES string of the molecule is NC(=O)c1cccc(NC(=O)c2ccc(SC(F)(F)F)cc2)c1. The first-order valence-corrected chi connectivity index (χ1v) is 7.13. The molecule has 2 aromatic carbocycles. The largest absolute Gasteiger partial charge is 0.446 e. The molecule has 2 aromatic rings. The smallest absolute Gasteiger partial charge is 0.366 e. The number of hydrogen-bond donors (Lipinski definition) is 2. The topological polar surface area (TPSA) is 72.2 Å². The van der Waals surface area contributed by atoms with Gasteiger partial charge in [-0.15, -0.1) is 0 Å². The van der Waals surface area contributed by atoms with Gasteiger partial charge < -0.3 is 11.1 Å². The maximum atomic E-state index is 12.2. The zero-order valence-corrected chi connectivity index (χ0v) is 12.4. The molecule has 0 aromatic heterocycles. The molecule has 0 unspecified atom stereocenters. The lowest BCUT2D eigenvalue weighted by Crippen LogP contribution is -2.14. The Balaban J connectivity index is 2.09. The summed E-state index contributed by atoms with van der Waals surface area (Å²) in [6.45, 7) is 0. The Labute approximate surface area is 133 Å². The molecule has 0 heterocycles. The second-order valence-electron chi connectivity index (χ2n) is 4.47. The van der Waals surface area contributed by atoms with Crippen molar-refractivity contribution in [3.8, 4) is 0 Å². The molecular weight excluding hydrogens is 329 g/mol. The van der Waals surface area contributed by atoms with Crippen LogP contribution in [0.15, 0.2) is 53.4 Å². The lowest BCUT2D eigenvalue weighted by molar-refractivity contribution is -0.0328. The monoisotopic (exact) mass is 340 g/mol. The standard InChI is InChI=1S/C15H11F3N2O2S/c16-15(17,18)23-12-6-4-9(5-7-12)14(22)20-11-3-1-2-10(8-11)13(19)21/h1-8H,(H2,19,21)(H,20,22). The van der Waals surface area contributed by atoms with Gasteiger partial charge in [-0.1, -0.05) is 6.07 Å². The Morgan fingerprint density at radius 1 is 1.00 bits per heavy atom. The van der Waals surface area contributed by atoms with E-state index < -0.39 is 17.3 Å². The molecule has 0 aliphatic carbocycles. The number of anilines is 1. The van der Waals surface area contributed by atoms with Crippen LogP contribution in [0.1, 0.15) is 20.7 Å². The Hall–Kier alpha value is -2.48. The minimum Gasteiger partial charge on any atom is -0.366 e. The Bertz CT molecular complexity index is 730. The van der Waals surface area contributed by atoms with E-state index >= 15 is 0 Å². The van der Waals surface area contributed by atoms with Crippen LogP contribution in [0.5, 0.6) is 0 Å². The third-order valence-electron chi connectivity index (χ3n) is 2.76. The summed E-state index contributed by atoms with van der Waals surface area (Å²) in [4.78, 5) is 23.1. The van der Waals surface area contributed by atoms with Gasteiger partial charge in [-0.05, 0) is 54.2 Å². The van der Waals surface area contributed by atoms with Gasteiger partial charge in [0.15, 0.2) is 0 Å². The highest BCUT2D eigenvalue weighted by Crippen LogP contribution is 2.36. The number of benzene rings is 2. The second kappa shape index (κ2) is 6.74. The van der Waals surface area contributed by atoms with Crippen LogP contribution in [-0.2, 0) is 0 Å². The van der Waals surface area contributed by atoms with Crippen LogP contribution in [0, 0.1) is 0 Å². The van der Waals surface area contributed by atoms with Crippen LogP contribution in [0.2, 0.25) is 0 Å². The number of nitrogens with two attached hydrogens (primary N) is 1. The van der Waals surface area contributed by atoms with Crippen LogP contribution in [0.25, 0.3) is 0 Å². The van der Waals surface area contributed by atoms with Gasteiger partial charge in [0.2, 0.25) is 5.91 Å². The van der Waals surface area contributed by atoms with Crippen molar-refractivity contribution in [1.82, 2.24) is 0 Å².